The molecule has 0 radical (unpaired) electrons. The lowest BCUT2D eigenvalue weighted by Gasteiger charge is -2.14. The highest BCUT2D eigenvalue weighted by Crippen LogP contribution is 2.29. The molecule has 0 unspecified atom stereocenters. The second kappa shape index (κ2) is 12.2. The Morgan fingerprint density at radius 3 is 2.58 bits per heavy atom. The molecule has 1 heterocycles. The van der Waals surface area contributed by atoms with Gasteiger partial charge in [-0.1, -0.05) is 24.3 Å². The molecule has 0 aliphatic rings. The third kappa shape index (κ3) is 7.16. The van der Waals surface area contributed by atoms with Crippen LogP contribution in [-0.4, -0.2) is 28.7 Å². The number of aliphatic imine (C=N–C) groups is 1. The van der Waals surface area contributed by atoms with Gasteiger partial charge in [-0.3, -0.25) is 0 Å². The smallest absolute Gasteiger partial charge is 0.193 e. The fourth-order valence-electron chi connectivity index (χ4n) is 3.09. The summed E-state index contributed by atoms with van der Waals surface area (Å²) in [4.78, 5) is 8.76. The number of aromatic nitrogens is 2. The predicted octanol–water partition coefficient (Wildman–Crippen LogP) is 4.58. The molecule has 7 nitrogen and oxygen atoms in total. The van der Waals surface area contributed by atoms with Gasteiger partial charge in [0, 0.05) is 25.0 Å². The van der Waals surface area contributed by atoms with E-state index >= 15 is 0 Å². The summed E-state index contributed by atoms with van der Waals surface area (Å²) in [6.45, 7) is 8.29. The van der Waals surface area contributed by atoms with Gasteiger partial charge < -0.3 is 25.1 Å². The normalized spacial score (nSPS) is 11.0. The second-order valence-electron chi connectivity index (χ2n) is 6.77. The van der Waals surface area contributed by atoms with Crippen LogP contribution >= 0.6 is 24.0 Å². The van der Waals surface area contributed by atoms with E-state index < -0.39 is 0 Å². The van der Waals surface area contributed by atoms with Crippen molar-refractivity contribution in [2.24, 2.45) is 10.7 Å². The molecule has 0 saturated carbocycles. The summed E-state index contributed by atoms with van der Waals surface area (Å²) < 4.78 is 13.4. The number of rotatable bonds is 9. The van der Waals surface area contributed by atoms with Gasteiger partial charge in [0.05, 0.1) is 25.4 Å². The van der Waals surface area contributed by atoms with Crippen LogP contribution in [0.15, 0.2) is 59.9 Å². The Morgan fingerprint density at radius 1 is 1.10 bits per heavy atom. The molecule has 8 heteroatoms. The summed E-state index contributed by atoms with van der Waals surface area (Å²) in [6.07, 6.45) is 3.79. The summed E-state index contributed by atoms with van der Waals surface area (Å²) in [5.41, 5.74) is 9.15. The molecule has 0 aliphatic heterocycles. The Kier molecular flexibility index (Phi) is 9.64. The Bertz CT molecular complexity index is 1000. The van der Waals surface area contributed by atoms with Crippen molar-refractivity contribution in [3.05, 3.63) is 71.8 Å². The van der Waals surface area contributed by atoms with E-state index in [-0.39, 0.29) is 24.0 Å². The first-order chi connectivity index (χ1) is 14.6. The van der Waals surface area contributed by atoms with Gasteiger partial charge in [0.2, 0.25) is 0 Å². The van der Waals surface area contributed by atoms with Crippen molar-refractivity contribution in [2.75, 3.05) is 18.5 Å². The minimum absolute atomic E-state index is 0. The first-order valence-corrected chi connectivity index (χ1v) is 10.1. The van der Waals surface area contributed by atoms with Crippen molar-refractivity contribution in [1.29, 1.82) is 0 Å². The van der Waals surface area contributed by atoms with Gasteiger partial charge in [-0.25, -0.2) is 9.98 Å². The highest BCUT2D eigenvalue weighted by molar-refractivity contribution is 14.0. The van der Waals surface area contributed by atoms with Crippen LogP contribution in [0.4, 0.5) is 5.69 Å². The number of guanidine groups is 1. The molecule has 0 bridgehead atoms. The molecule has 0 fully saturated rings. The molecule has 2 aromatic carbocycles. The van der Waals surface area contributed by atoms with Gasteiger partial charge in [-0.2, -0.15) is 0 Å². The lowest BCUT2D eigenvalue weighted by Crippen LogP contribution is -2.23. The maximum absolute atomic E-state index is 6.14. The first-order valence-electron chi connectivity index (χ1n) is 10.1. The van der Waals surface area contributed by atoms with Crippen molar-refractivity contribution in [2.45, 2.75) is 33.9 Å². The predicted molar refractivity (Wildman–Crippen MR) is 136 cm³/mol. The quantitative estimate of drug-likeness (QED) is 0.238. The van der Waals surface area contributed by atoms with Gasteiger partial charge in [-0.05, 0) is 44.0 Å². The summed E-state index contributed by atoms with van der Waals surface area (Å²) in [5.74, 6) is 2.77. The Hall–Kier alpha value is -2.75. The molecule has 31 heavy (non-hydrogen) atoms. The third-order valence-corrected chi connectivity index (χ3v) is 4.52. The van der Waals surface area contributed by atoms with Crippen LogP contribution in [0.25, 0.3) is 0 Å². The minimum Gasteiger partial charge on any atom is -0.494 e. The lowest BCUT2D eigenvalue weighted by atomic mass is 10.1. The number of nitrogens with two attached hydrogens (primary N) is 1. The molecule has 166 valence electrons. The van der Waals surface area contributed by atoms with Crippen LogP contribution in [0.5, 0.6) is 11.5 Å². The van der Waals surface area contributed by atoms with E-state index in [9.17, 15) is 0 Å². The van der Waals surface area contributed by atoms with Crippen LogP contribution in [0.1, 0.15) is 30.8 Å². The van der Waals surface area contributed by atoms with Crippen LogP contribution in [-0.2, 0) is 13.1 Å². The van der Waals surface area contributed by atoms with E-state index in [4.69, 9.17) is 15.2 Å². The van der Waals surface area contributed by atoms with E-state index in [1.165, 1.54) is 5.56 Å². The fourth-order valence-corrected chi connectivity index (χ4v) is 3.09. The molecule has 0 saturated heterocycles. The van der Waals surface area contributed by atoms with Gasteiger partial charge in [0.15, 0.2) is 5.96 Å². The van der Waals surface area contributed by atoms with Crippen molar-refractivity contribution >= 4 is 35.6 Å². The number of anilines is 1. The first kappa shape index (κ1) is 24.5. The lowest BCUT2D eigenvalue weighted by molar-refractivity contribution is 0.332. The number of nitrogens with zero attached hydrogens (tertiary/aromatic N) is 3. The molecule has 0 spiro atoms. The molecular weight excluding hydrogens is 505 g/mol. The monoisotopic (exact) mass is 535 g/mol. The number of benzene rings is 2. The second-order valence-corrected chi connectivity index (χ2v) is 6.77. The van der Waals surface area contributed by atoms with Gasteiger partial charge >= 0.3 is 0 Å². The van der Waals surface area contributed by atoms with E-state index in [0.717, 1.165) is 29.4 Å². The maximum Gasteiger partial charge on any atom is 0.193 e. The van der Waals surface area contributed by atoms with E-state index in [2.05, 4.69) is 32.0 Å². The topological polar surface area (TPSA) is 86.7 Å². The molecule has 1 aromatic heterocycles. The molecule has 3 N–H and O–H groups in total. The molecule has 0 amide bonds. The molecule has 3 rings (SSSR count). The summed E-state index contributed by atoms with van der Waals surface area (Å²) in [7, 11) is 0. The zero-order valence-electron chi connectivity index (χ0n) is 18.2. The SMILES string of the molecule is CCOc1ccc(OCC)c(NC(N)=NCc2cccc(Cn3ccnc3C)c2)c1.I. The number of hydrogen-bond donors (Lipinski definition) is 2. The van der Waals surface area contributed by atoms with Gasteiger partial charge in [0.1, 0.15) is 17.3 Å². The van der Waals surface area contributed by atoms with E-state index in [1.54, 1.807) is 0 Å². The van der Waals surface area contributed by atoms with Crippen LogP contribution in [0.2, 0.25) is 0 Å². The number of imidazole rings is 1. The number of nitrogens with one attached hydrogen (secondary N) is 1. The van der Waals surface area contributed by atoms with Crippen LogP contribution in [0, 0.1) is 6.92 Å². The standard InChI is InChI=1S/C23H29N5O2.HI/c1-4-29-20-9-10-22(30-5-2)21(14-20)27-23(24)26-15-18-7-6-8-19(13-18)16-28-12-11-25-17(28)3;/h6-14H,4-5,15-16H2,1-3H3,(H3,24,26,27);1H. The Morgan fingerprint density at radius 2 is 1.87 bits per heavy atom. The zero-order valence-corrected chi connectivity index (χ0v) is 20.5. The van der Waals surface area contributed by atoms with E-state index in [0.29, 0.717) is 31.5 Å². The highest BCUT2D eigenvalue weighted by Gasteiger charge is 2.07. The maximum atomic E-state index is 6.14. The molecule has 0 atom stereocenters. The van der Waals surface area contributed by atoms with Crippen molar-refractivity contribution in [3.63, 3.8) is 0 Å². The van der Waals surface area contributed by atoms with Crippen molar-refractivity contribution in [1.82, 2.24) is 9.55 Å². The molecule has 3 aromatic rings. The largest absolute Gasteiger partial charge is 0.494 e. The Labute approximate surface area is 200 Å². The number of aryl methyl sites for hydroxylation is 1. The minimum atomic E-state index is 0. The van der Waals surface area contributed by atoms with Crippen LogP contribution < -0.4 is 20.5 Å². The Balaban J connectivity index is 0.00000341. The van der Waals surface area contributed by atoms with Crippen molar-refractivity contribution in [3.8, 4) is 11.5 Å². The van der Waals surface area contributed by atoms with E-state index in [1.807, 2.05) is 63.5 Å². The number of halogens is 1. The number of ether oxygens (including phenoxy) is 2. The fraction of sp³-hybridized carbons (Fsp3) is 0.304. The average Bonchev–Trinajstić information content (AvgIpc) is 3.13. The number of hydrogen-bond acceptors (Lipinski definition) is 4. The molecule has 0 aliphatic carbocycles. The van der Waals surface area contributed by atoms with Gasteiger partial charge in [-0.15, -0.1) is 24.0 Å². The summed E-state index contributed by atoms with van der Waals surface area (Å²) in [6, 6.07) is 13.9. The van der Waals surface area contributed by atoms with Crippen molar-refractivity contribution < 1.29 is 9.47 Å². The third-order valence-electron chi connectivity index (χ3n) is 4.52. The van der Waals surface area contributed by atoms with Crippen LogP contribution in [0.3, 0.4) is 0 Å². The van der Waals surface area contributed by atoms with Gasteiger partial charge in [0.25, 0.3) is 0 Å². The zero-order chi connectivity index (χ0) is 21.3. The summed E-state index contributed by atoms with van der Waals surface area (Å²) in [5, 5.41) is 3.13. The highest BCUT2D eigenvalue weighted by atomic mass is 127. The molecular formula is C23H30IN5O2. The summed E-state index contributed by atoms with van der Waals surface area (Å²) >= 11 is 0. The average molecular weight is 535 g/mol.